The Bertz CT molecular complexity index is 987. The average Bonchev–Trinajstić information content (AvgIpc) is 2.80. The number of hydrogen-bond acceptors (Lipinski definition) is 7. The smallest absolute Gasteiger partial charge is 0.333 e. The Morgan fingerprint density at radius 2 is 1.38 bits per heavy atom. The van der Waals surface area contributed by atoms with E-state index in [-0.39, 0.29) is 37.6 Å². The predicted molar refractivity (Wildman–Crippen MR) is 117 cm³/mol. The van der Waals surface area contributed by atoms with Gasteiger partial charge in [0.15, 0.2) is 0 Å². The third kappa shape index (κ3) is 8.44. The van der Waals surface area contributed by atoms with Crippen LogP contribution in [-0.2, 0) is 23.9 Å². The van der Waals surface area contributed by atoms with Gasteiger partial charge in [0, 0.05) is 18.4 Å². The zero-order chi connectivity index (χ0) is 23.3. The second kappa shape index (κ2) is 12.7. The Morgan fingerprint density at radius 1 is 0.844 bits per heavy atom. The SMILES string of the molecule is C=C(C)C(=O)OCCOC(=O)CCCCC(=O)Oc1ccc(-c2ccc(C#N)cc2)cc1. The fraction of sp³-hybridized carbons (Fsp3) is 0.280. The van der Waals surface area contributed by atoms with Crippen LogP contribution in [0, 0.1) is 11.3 Å². The van der Waals surface area contributed by atoms with Crippen molar-refractivity contribution in [1.29, 1.82) is 5.26 Å². The van der Waals surface area contributed by atoms with Gasteiger partial charge in [-0.2, -0.15) is 5.26 Å². The van der Waals surface area contributed by atoms with Crippen LogP contribution in [0.15, 0.2) is 60.7 Å². The van der Waals surface area contributed by atoms with Crippen LogP contribution in [0.25, 0.3) is 11.1 Å². The minimum absolute atomic E-state index is 0.0155. The van der Waals surface area contributed by atoms with E-state index in [1.165, 1.54) is 6.92 Å². The molecule has 7 heteroatoms. The van der Waals surface area contributed by atoms with Crippen molar-refractivity contribution in [2.75, 3.05) is 13.2 Å². The maximum Gasteiger partial charge on any atom is 0.333 e. The van der Waals surface area contributed by atoms with E-state index in [0.717, 1.165) is 11.1 Å². The molecule has 2 aromatic carbocycles. The van der Waals surface area contributed by atoms with Crippen LogP contribution < -0.4 is 4.74 Å². The van der Waals surface area contributed by atoms with Crippen molar-refractivity contribution in [2.45, 2.75) is 32.6 Å². The first-order valence-electron chi connectivity index (χ1n) is 10.2. The van der Waals surface area contributed by atoms with E-state index in [9.17, 15) is 14.4 Å². The highest BCUT2D eigenvalue weighted by molar-refractivity contribution is 5.86. The van der Waals surface area contributed by atoms with Crippen LogP contribution in [0.4, 0.5) is 0 Å². The summed E-state index contributed by atoms with van der Waals surface area (Å²) in [7, 11) is 0. The molecule has 0 bridgehead atoms. The summed E-state index contributed by atoms with van der Waals surface area (Å²) in [5.74, 6) is -0.876. The molecule has 0 aliphatic rings. The number of rotatable bonds is 11. The van der Waals surface area contributed by atoms with Gasteiger partial charge in [0.25, 0.3) is 0 Å². The summed E-state index contributed by atoms with van der Waals surface area (Å²) in [6, 6.07) is 16.4. The van der Waals surface area contributed by atoms with Gasteiger partial charge >= 0.3 is 17.9 Å². The van der Waals surface area contributed by atoms with Crippen molar-refractivity contribution in [3.8, 4) is 22.9 Å². The molecule has 0 atom stereocenters. The fourth-order valence-corrected chi connectivity index (χ4v) is 2.66. The average molecular weight is 435 g/mol. The highest BCUT2D eigenvalue weighted by Gasteiger charge is 2.09. The van der Waals surface area contributed by atoms with Gasteiger partial charge in [0.05, 0.1) is 11.6 Å². The van der Waals surface area contributed by atoms with Crippen LogP contribution >= 0.6 is 0 Å². The van der Waals surface area contributed by atoms with Crippen LogP contribution in [0.5, 0.6) is 5.75 Å². The largest absolute Gasteiger partial charge is 0.462 e. The standard InChI is InChI=1S/C25H25NO6/c1-18(2)25(29)31-16-15-30-23(27)5-3-4-6-24(28)32-22-13-11-21(12-14-22)20-9-7-19(17-26)8-10-20/h7-14H,1,3-6,15-16H2,2H3. The molecule has 0 saturated heterocycles. The Labute approximate surface area is 187 Å². The number of nitrogens with zero attached hydrogens (tertiary/aromatic N) is 1. The zero-order valence-corrected chi connectivity index (χ0v) is 18.0. The minimum atomic E-state index is -0.525. The van der Waals surface area contributed by atoms with E-state index in [1.807, 2.05) is 24.3 Å². The summed E-state index contributed by atoms with van der Waals surface area (Å²) >= 11 is 0. The molecule has 0 unspecified atom stereocenters. The minimum Gasteiger partial charge on any atom is -0.462 e. The summed E-state index contributed by atoms with van der Waals surface area (Å²) in [6.07, 6.45) is 1.32. The number of unbranched alkanes of at least 4 members (excludes halogenated alkanes) is 1. The Balaban J connectivity index is 1.63. The zero-order valence-electron chi connectivity index (χ0n) is 18.0. The molecular formula is C25H25NO6. The summed E-state index contributed by atoms with van der Waals surface area (Å²) < 4.78 is 15.1. The molecule has 0 saturated carbocycles. The highest BCUT2D eigenvalue weighted by atomic mass is 16.6. The predicted octanol–water partition coefficient (Wildman–Crippen LogP) is 4.35. The second-order valence-electron chi connectivity index (χ2n) is 7.03. The molecule has 0 N–H and O–H groups in total. The van der Waals surface area contributed by atoms with Crippen molar-refractivity contribution in [3.63, 3.8) is 0 Å². The van der Waals surface area contributed by atoms with E-state index in [1.54, 1.807) is 24.3 Å². The van der Waals surface area contributed by atoms with E-state index in [4.69, 9.17) is 19.5 Å². The first kappa shape index (κ1) is 24.4. The lowest BCUT2D eigenvalue weighted by atomic mass is 10.0. The molecule has 0 radical (unpaired) electrons. The molecule has 2 aromatic rings. The third-order valence-electron chi connectivity index (χ3n) is 4.37. The number of hydrogen-bond donors (Lipinski definition) is 0. The summed E-state index contributed by atoms with van der Waals surface area (Å²) in [5.41, 5.74) is 2.78. The van der Waals surface area contributed by atoms with Crippen molar-refractivity contribution in [2.24, 2.45) is 0 Å². The third-order valence-corrected chi connectivity index (χ3v) is 4.37. The van der Waals surface area contributed by atoms with Crippen LogP contribution in [-0.4, -0.2) is 31.1 Å². The van der Waals surface area contributed by atoms with Gasteiger partial charge in [-0.1, -0.05) is 30.8 Å². The van der Waals surface area contributed by atoms with E-state index in [0.29, 0.717) is 24.2 Å². The fourth-order valence-electron chi connectivity index (χ4n) is 2.66. The van der Waals surface area contributed by atoms with Crippen LogP contribution in [0.3, 0.4) is 0 Å². The molecule has 0 aliphatic heterocycles. The number of benzene rings is 2. The van der Waals surface area contributed by atoms with Gasteiger partial charge in [-0.15, -0.1) is 0 Å². The van der Waals surface area contributed by atoms with Gasteiger partial charge in [-0.3, -0.25) is 9.59 Å². The number of ether oxygens (including phenoxy) is 3. The Hall–Kier alpha value is -3.92. The molecule has 0 amide bonds. The second-order valence-corrected chi connectivity index (χ2v) is 7.03. The maximum absolute atomic E-state index is 12.0. The lowest BCUT2D eigenvalue weighted by Gasteiger charge is -2.07. The van der Waals surface area contributed by atoms with Crippen molar-refractivity contribution >= 4 is 17.9 Å². The quantitative estimate of drug-likeness (QED) is 0.224. The molecule has 7 nitrogen and oxygen atoms in total. The Morgan fingerprint density at radius 3 is 1.94 bits per heavy atom. The lowest BCUT2D eigenvalue weighted by Crippen LogP contribution is -2.14. The lowest BCUT2D eigenvalue weighted by molar-refractivity contribution is -0.150. The van der Waals surface area contributed by atoms with Gasteiger partial charge in [-0.05, 0) is 55.2 Å². The molecule has 0 aliphatic carbocycles. The van der Waals surface area contributed by atoms with Crippen molar-refractivity contribution < 1.29 is 28.6 Å². The molecule has 0 fully saturated rings. The summed E-state index contributed by atoms with van der Waals surface area (Å²) in [5, 5.41) is 8.86. The van der Waals surface area contributed by atoms with E-state index in [2.05, 4.69) is 12.6 Å². The normalized spacial score (nSPS) is 10.0. The first-order chi connectivity index (χ1) is 15.4. The Kier molecular flexibility index (Phi) is 9.67. The molecule has 0 spiro atoms. The van der Waals surface area contributed by atoms with Gasteiger partial charge < -0.3 is 14.2 Å². The molecule has 166 valence electrons. The van der Waals surface area contributed by atoms with Crippen molar-refractivity contribution in [1.82, 2.24) is 0 Å². The number of carbonyl (C=O) groups is 3. The highest BCUT2D eigenvalue weighted by Crippen LogP contribution is 2.23. The number of carbonyl (C=O) groups excluding carboxylic acids is 3. The van der Waals surface area contributed by atoms with E-state index < -0.39 is 11.9 Å². The molecule has 0 aromatic heterocycles. The van der Waals surface area contributed by atoms with Crippen molar-refractivity contribution in [3.05, 3.63) is 66.2 Å². The van der Waals surface area contributed by atoms with E-state index >= 15 is 0 Å². The van der Waals surface area contributed by atoms with Gasteiger partial charge in [0.2, 0.25) is 0 Å². The summed E-state index contributed by atoms with van der Waals surface area (Å²) in [4.78, 5) is 34.8. The molecule has 32 heavy (non-hydrogen) atoms. The first-order valence-corrected chi connectivity index (χ1v) is 10.2. The van der Waals surface area contributed by atoms with Crippen LogP contribution in [0.1, 0.15) is 38.2 Å². The number of esters is 3. The monoisotopic (exact) mass is 435 g/mol. The molecular weight excluding hydrogens is 410 g/mol. The van der Waals surface area contributed by atoms with Gasteiger partial charge in [-0.25, -0.2) is 4.79 Å². The summed E-state index contributed by atoms with van der Waals surface area (Å²) in [6.45, 7) is 4.95. The molecule has 2 rings (SSSR count). The topological polar surface area (TPSA) is 103 Å². The molecule has 0 heterocycles. The number of nitriles is 1. The van der Waals surface area contributed by atoms with Crippen LogP contribution in [0.2, 0.25) is 0 Å². The van der Waals surface area contributed by atoms with Gasteiger partial charge in [0.1, 0.15) is 19.0 Å². The maximum atomic E-state index is 12.0.